The molecule has 1 aliphatic carbocycles. The number of nitrogens with zero attached hydrogens (tertiary/aromatic N) is 5. The third-order valence-electron chi connectivity index (χ3n) is 7.85. The molecule has 2 unspecified atom stereocenters. The summed E-state index contributed by atoms with van der Waals surface area (Å²) in [7, 11) is 1.66. The van der Waals surface area contributed by atoms with Crippen LogP contribution in [0, 0.1) is 0 Å². The van der Waals surface area contributed by atoms with E-state index in [4.69, 9.17) is 4.74 Å². The molecule has 6 rings (SSSR count). The van der Waals surface area contributed by atoms with Gasteiger partial charge in [0.25, 0.3) is 0 Å². The van der Waals surface area contributed by atoms with E-state index in [2.05, 4.69) is 49.9 Å². The molecule has 0 spiro atoms. The van der Waals surface area contributed by atoms with Crippen LogP contribution in [0.5, 0.6) is 11.5 Å². The molecule has 3 aromatic carbocycles. The summed E-state index contributed by atoms with van der Waals surface area (Å²) in [5, 5.41) is 8.33. The third-order valence-corrected chi connectivity index (χ3v) is 8.91. The molecule has 2 aliphatic rings. The standard InChI is InChI=1S/C33H34F2N6O3S/c1-20(2)26-14-13-25(43-3)17-29(26)40-15-4-16-45-33(40)38-32(42)37-28-18-27(28)21-5-7-22(8-6-21)30-36-19-41(39-30)23-9-11-24(12-10-23)44-31(34)35/h5-14,17,19-20,27-28,31H,4,15-16,18H2,1-3H3,(H,37,42). The first-order valence-corrected chi connectivity index (χ1v) is 15.8. The predicted molar refractivity (Wildman–Crippen MR) is 172 cm³/mol. The van der Waals surface area contributed by atoms with Gasteiger partial charge in [-0.2, -0.15) is 13.8 Å². The second-order valence-corrected chi connectivity index (χ2v) is 12.3. The van der Waals surface area contributed by atoms with Gasteiger partial charge in [0.15, 0.2) is 11.0 Å². The lowest BCUT2D eigenvalue weighted by Crippen LogP contribution is -2.36. The lowest BCUT2D eigenvalue weighted by atomic mass is 10.00. The Morgan fingerprint density at radius 1 is 1.07 bits per heavy atom. The quantitative estimate of drug-likeness (QED) is 0.208. The van der Waals surface area contributed by atoms with E-state index in [-0.39, 0.29) is 23.7 Å². The number of hydrogen-bond donors (Lipinski definition) is 1. The number of thioether (sulfide) groups is 1. The number of amidine groups is 1. The highest BCUT2D eigenvalue weighted by Gasteiger charge is 2.39. The molecule has 45 heavy (non-hydrogen) atoms. The summed E-state index contributed by atoms with van der Waals surface area (Å²) in [6, 6.07) is 20.0. The van der Waals surface area contributed by atoms with Crippen LogP contribution in [0.15, 0.2) is 78.0 Å². The first-order valence-electron chi connectivity index (χ1n) is 14.8. The number of carbonyl (C=O) groups is 1. The van der Waals surface area contributed by atoms with Crippen molar-refractivity contribution in [2.75, 3.05) is 24.3 Å². The molecule has 2 heterocycles. The topological polar surface area (TPSA) is 93.9 Å². The molecule has 234 valence electrons. The number of aliphatic imine (C=N–C) groups is 1. The molecule has 2 atom stereocenters. The van der Waals surface area contributed by atoms with Gasteiger partial charge < -0.3 is 19.7 Å². The highest BCUT2D eigenvalue weighted by Crippen LogP contribution is 2.41. The fraction of sp³-hybridized carbons (Fsp3) is 0.333. The molecule has 0 bridgehead atoms. The van der Waals surface area contributed by atoms with Crippen molar-refractivity contribution in [1.82, 2.24) is 20.1 Å². The minimum absolute atomic E-state index is 0.0205. The summed E-state index contributed by atoms with van der Waals surface area (Å²) in [4.78, 5) is 24.1. The van der Waals surface area contributed by atoms with Crippen molar-refractivity contribution in [3.8, 4) is 28.6 Å². The van der Waals surface area contributed by atoms with Gasteiger partial charge in [-0.25, -0.2) is 14.5 Å². The Labute approximate surface area is 264 Å². The van der Waals surface area contributed by atoms with Crippen LogP contribution in [0.4, 0.5) is 19.3 Å². The van der Waals surface area contributed by atoms with E-state index < -0.39 is 6.61 Å². The number of anilines is 1. The second-order valence-electron chi connectivity index (χ2n) is 11.2. The van der Waals surface area contributed by atoms with Gasteiger partial charge in [0.05, 0.1) is 12.8 Å². The number of ether oxygens (including phenoxy) is 2. The van der Waals surface area contributed by atoms with Gasteiger partial charge in [-0.15, -0.1) is 5.10 Å². The maximum atomic E-state index is 13.1. The van der Waals surface area contributed by atoms with Gasteiger partial charge in [0, 0.05) is 41.6 Å². The van der Waals surface area contributed by atoms with Gasteiger partial charge >= 0.3 is 12.6 Å². The molecule has 1 saturated carbocycles. The number of rotatable bonds is 9. The number of methoxy groups -OCH3 is 1. The number of benzene rings is 3. The smallest absolute Gasteiger partial charge is 0.387 e. The molecule has 2 fully saturated rings. The lowest BCUT2D eigenvalue weighted by molar-refractivity contribution is -0.0498. The molecule has 4 aromatic rings. The maximum absolute atomic E-state index is 13.1. The summed E-state index contributed by atoms with van der Waals surface area (Å²) >= 11 is 1.60. The lowest BCUT2D eigenvalue weighted by Gasteiger charge is -2.32. The van der Waals surface area contributed by atoms with Crippen molar-refractivity contribution in [3.05, 3.63) is 84.2 Å². The number of aromatic nitrogens is 3. The largest absolute Gasteiger partial charge is 0.497 e. The van der Waals surface area contributed by atoms with E-state index in [1.807, 2.05) is 36.4 Å². The number of nitrogens with one attached hydrogen (secondary N) is 1. The van der Waals surface area contributed by atoms with Crippen molar-refractivity contribution >= 4 is 28.6 Å². The van der Waals surface area contributed by atoms with Crippen LogP contribution < -0.4 is 19.7 Å². The number of alkyl halides is 2. The molecule has 2 amide bonds. The Kier molecular flexibility index (Phi) is 9.02. The summed E-state index contributed by atoms with van der Waals surface area (Å²) in [6.45, 7) is 2.24. The fourth-order valence-corrected chi connectivity index (χ4v) is 6.38. The minimum Gasteiger partial charge on any atom is -0.497 e. The number of amides is 2. The molecule has 1 saturated heterocycles. The Morgan fingerprint density at radius 3 is 2.53 bits per heavy atom. The molecular weight excluding hydrogens is 598 g/mol. The fourth-order valence-electron chi connectivity index (χ4n) is 5.43. The Hall–Kier alpha value is -4.45. The Balaban J connectivity index is 1.08. The first-order chi connectivity index (χ1) is 21.8. The van der Waals surface area contributed by atoms with Gasteiger partial charge in [-0.3, -0.25) is 0 Å². The molecular formula is C33H34F2N6O3S. The van der Waals surface area contributed by atoms with Crippen molar-refractivity contribution < 1.29 is 23.0 Å². The van der Waals surface area contributed by atoms with Crippen molar-refractivity contribution in [3.63, 3.8) is 0 Å². The zero-order chi connectivity index (χ0) is 31.5. The number of halogens is 2. The zero-order valence-electron chi connectivity index (χ0n) is 25.2. The number of carbonyl (C=O) groups excluding carboxylic acids is 1. The molecule has 0 radical (unpaired) electrons. The summed E-state index contributed by atoms with van der Waals surface area (Å²) in [5.74, 6) is 2.83. The van der Waals surface area contributed by atoms with E-state index in [0.717, 1.165) is 47.7 Å². The molecule has 1 aromatic heterocycles. The summed E-state index contributed by atoms with van der Waals surface area (Å²) in [5.41, 5.74) is 4.86. The van der Waals surface area contributed by atoms with Crippen molar-refractivity contribution in [2.24, 2.45) is 4.99 Å². The molecule has 1 aliphatic heterocycles. The van der Waals surface area contributed by atoms with Gasteiger partial charge in [-0.05, 0) is 60.2 Å². The number of urea groups is 1. The highest BCUT2D eigenvalue weighted by molar-refractivity contribution is 8.14. The van der Waals surface area contributed by atoms with Crippen LogP contribution in [0.3, 0.4) is 0 Å². The molecule has 9 nitrogen and oxygen atoms in total. The van der Waals surface area contributed by atoms with E-state index >= 15 is 0 Å². The van der Waals surface area contributed by atoms with Gasteiger partial charge in [0.2, 0.25) is 0 Å². The third kappa shape index (κ3) is 7.11. The van der Waals surface area contributed by atoms with Crippen LogP contribution in [-0.4, -0.2) is 58.0 Å². The minimum atomic E-state index is -2.87. The van der Waals surface area contributed by atoms with E-state index in [0.29, 0.717) is 22.6 Å². The zero-order valence-corrected chi connectivity index (χ0v) is 26.0. The molecule has 1 N–H and O–H groups in total. The van der Waals surface area contributed by atoms with Crippen LogP contribution in [-0.2, 0) is 0 Å². The monoisotopic (exact) mass is 632 g/mol. The van der Waals surface area contributed by atoms with E-state index in [1.54, 1.807) is 42.0 Å². The average molecular weight is 633 g/mol. The SMILES string of the molecule is COc1ccc(C(C)C)c(N2CCCSC2=NC(=O)NC2CC2c2ccc(-c3ncn(-c4ccc(OC(F)F)cc4)n3)cc2)c1. The Bertz CT molecular complexity index is 1680. The van der Waals surface area contributed by atoms with Crippen LogP contribution in [0.2, 0.25) is 0 Å². The van der Waals surface area contributed by atoms with Crippen LogP contribution in [0.25, 0.3) is 17.1 Å². The van der Waals surface area contributed by atoms with Crippen molar-refractivity contribution in [1.29, 1.82) is 0 Å². The second kappa shape index (κ2) is 13.3. The number of hydrogen-bond acceptors (Lipinski definition) is 6. The predicted octanol–water partition coefficient (Wildman–Crippen LogP) is 7.23. The summed E-state index contributed by atoms with van der Waals surface area (Å²) < 4.78 is 36.3. The van der Waals surface area contributed by atoms with Gasteiger partial charge in [-0.1, -0.05) is 55.9 Å². The average Bonchev–Trinajstić information content (AvgIpc) is 3.62. The normalized spacial score (nSPS) is 18.8. The van der Waals surface area contributed by atoms with E-state index in [9.17, 15) is 13.6 Å². The van der Waals surface area contributed by atoms with E-state index in [1.165, 1.54) is 17.7 Å². The van der Waals surface area contributed by atoms with Crippen molar-refractivity contribution in [2.45, 2.75) is 51.2 Å². The van der Waals surface area contributed by atoms with Gasteiger partial charge in [0.1, 0.15) is 17.8 Å². The summed E-state index contributed by atoms with van der Waals surface area (Å²) in [6.07, 6.45) is 3.42. The maximum Gasteiger partial charge on any atom is 0.387 e. The first kappa shape index (κ1) is 30.6. The van der Waals surface area contributed by atoms with Crippen LogP contribution in [0.1, 0.15) is 49.7 Å². The van der Waals surface area contributed by atoms with Crippen LogP contribution >= 0.6 is 11.8 Å². The molecule has 12 heteroatoms. The highest BCUT2D eigenvalue weighted by atomic mass is 32.2. The Morgan fingerprint density at radius 2 is 1.82 bits per heavy atom.